The van der Waals surface area contributed by atoms with Gasteiger partial charge in [0.25, 0.3) is 0 Å². The van der Waals surface area contributed by atoms with E-state index in [4.69, 9.17) is 16.3 Å². The Balaban J connectivity index is 1.66. The van der Waals surface area contributed by atoms with E-state index >= 15 is 0 Å². The van der Waals surface area contributed by atoms with Crippen LogP contribution in [-0.4, -0.2) is 25.9 Å². The maximum Gasteiger partial charge on any atom is 0.237 e. The fraction of sp³-hybridized carbons (Fsp3) is 0.190. The maximum atomic E-state index is 12.5. The SMILES string of the molecule is C=CCn1c(COc2ccc(Cl)cc2)nnc1SC(C)C(=O)Nc1ccccc1. The number of carbonyl (C=O) groups excluding carboxylic acids is 1. The zero-order valence-electron chi connectivity index (χ0n) is 15.9. The number of rotatable bonds is 9. The molecule has 1 N–H and O–H groups in total. The summed E-state index contributed by atoms with van der Waals surface area (Å²) in [6.07, 6.45) is 1.76. The number of amides is 1. The summed E-state index contributed by atoms with van der Waals surface area (Å²) >= 11 is 7.23. The van der Waals surface area contributed by atoms with Crippen LogP contribution in [0.15, 0.2) is 72.4 Å². The Bertz CT molecular complexity index is 961. The molecule has 1 amide bonds. The van der Waals surface area contributed by atoms with Crippen LogP contribution in [0.4, 0.5) is 5.69 Å². The Morgan fingerprint density at radius 3 is 2.66 bits per heavy atom. The van der Waals surface area contributed by atoms with Crippen LogP contribution in [0.3, 0.4) is 0 Å². The highest BCUT2D eigenvalue weighted by Gasteiger charge is 2.20. The molecular formula is C21H21ClN4O2S. The van der Waals surface area contributed by atoms with E-state index in [2.05, 4.69) is 22.1 Å². The van der Waals surface area contributed by atoms with Gasteiger partial charge in [0.2, 0.25) is 5.91 Å². The van der Waals surface area contributed by atoms with Crippen molar-refractivity contribution < 1.29 is 9.53 Å². The van der Waals surface area contributed by atoms with Crippen molar-refractivity contribution in [3.63, 3.8) is 0 Å². The number of halogens is 1. The molecule has 0 aliphatic rings. The molecule has 0 bridgehead atoms. The van der Waals surface area contributed by atoms with Crippen LogP contribution >= 0.6 is 23.4 Å². The van der Waals surface area contributed by atoms with Gasteiger partial charge in [-0.3, -0.25) is 9.36 Å². The van der Waals surface area contributed by atoms with E-state index in [0.717, 1.165) is 5.69 Å². The number of nitrogens with zero attached hydrogens (tertiary/aromatic N) is 3. The second-order valence-corrected chi connectivity index (χ2v) is 7.90. The zero-order chi connectivity index (χ0) is 20.6. The van der Waals surface area contributed by atoms with Gasteiger partial charge in [0, 0.05) is 17.3 Å². The molecule has 3 aromatic rings. The van der Waals surface area contributed by atoms with Crippen LogP contribution in [-0.2, 0) is 17.9 Å². The van der Waals surface area contributed by atoms with Gasteiger partial charge in [0.15, 0.2) is 11.0 Å². The van der Waals surface area contributed by atoms with Crippen LogP contribution in [0, 0.1) is 0 Å². The average Bonchev–Trinajstić information content (AvgIpc) is 3.10. The van der Waals surface area contributed by atoms with Crippen LogP contribution in [0.2, 0.25) is 5.02 Å². The Morgan fingerprint density at radius 1 is 1.24 bits per heavy atom. The Morgan fingerprint density at radius 2 is 1.97 bits per heavy atom. The summed E-state index contributed by atoms with van der Waals surface area (Å²) in [5.74, 6) is 1.23. The van der Waals surface area contributed by atoms with Crippen molar-refractivity contribution in [1.29, 1.82) is 0 Å². The molecule has 6 nitrogen and oxygen atoms in total. The van der Waals surface area contributed by atoms with Crippen molar-refractivity contribution in [2.24, 2.45) is 0 Å². The van der Waals surface area contributed by atoms with E-state index < -0.39 is 0 Å². The highest BCUT2D eigenvalue weighted by atomic mass is 35.5. The molecule has 0 saturated heterocycles. The number of carbonyl (C=O) groups is 1. The molecule has 1 heterocycles. The Kier molecular flexibility index (Phi) is 7.32. The number of aromatic nitrogens is 3. The third-order valence-corrected chi connectivity index (χ3v) is 5.31. The highest BCUT2D eigenvalue weighted by Crippen LogP contribution is 2.24. The second kappa shape index (κ2) is 10.1. The number of thioether (sulfide) groups is 1. The minimum atomic E-state index is -0.354. The summed E-state index contributed by atoms with van der Waals surface area (Å²) in [6.45, 7) is 6.39. The van der Waals surface area contributed by atoms with Crippen molar-refractivity contribution in [2.45, 2.75) is 30.5 Å². The van der Waals surface area contributed by atoms with Gasteiger partial charge in [-0.1, -0.05) is 47.6 Å². The first-order chi connectivity index (χ1) is 14.1. The Labute approximate surface area is 178 Å². The van der Waals surface area contributed by atoms with Crippen LogP contribution in [0.25, 0.3) is 0 Å². The van der Waals surface area contributed by atoms with Crippen LogP contribution in [0.5, 0.6) is 5.75 Å². The lowest BCUT2D eigenvalue weighted by molar-refractivity contribution is -0.115. The molecule has 150 valence electrons. The molecule has 0 aliphatic carbocycles. The summed E-state index contributed by atoms with van der Waals surface area (Å²) < 4.78 is 7.66. The van der Waals surface area contributed by atoms with E-state index in [-0.39, 0.29) is 17.8 Å². The first kappa shape index (κ1) is 21.0. The minimum Gasteiger partial charge on any atom is -0.486 e. The molecule has 1 unspecified atom stereocenters. The van der Waals surface area contributed by atoms with E-state index in [0.29, 0.717) is 28.3 Å². The number of nitrogens with one attached hydrogen (secondary N) is 1. The lowest BCUT2D eigenvalue weighted by atomic mass is 10.3. The molecule has 8 heteroatoms. The molecule has 1 aromatic heterocycles. The topological polar surface area (TPSA) is 69.0 Å². The van der Waals surface area contributed by atoms with Gasteiger partial charge >= 0.3 is 0 Å². The predicted octanol–water partition coefficient (Wildman–Crippen LogP) is 4.82. The molecule has 0 fully saturated rings. The largest absolute Gasteiger partial charge is 0.486 e. The number of allylic oxidation sites excluding steroid dienone is 1. The van der Waals surface area contributed by atoms with E-state index in [1.807, 2.05) is 41.8 Å². The standard InChI is InChI=1S/C21H21ClN4O2S/c1-3-13-26-19(14-28-18-11-9-16(22)10-12-18)24-25-21(26)29-15(2)20(27)23-17-7-5-4-6-8-17/h3-12,15H,1,13-14H2,2H3,(H,23,27). The number of anilines is 1. The third-order valence-electron chi connectivity index (χ3n) is 3.98. The van der Waals surface area contributed by atoms with Gasteiger partial charge in [-0.15, -0.1) is 16.8 Å². The first-order valence-electron chi connectivity index (χ1n) is 9.00. The molecule has 2 aromatic carbocycles. The van der Waals surface area contributed by atoms with Crippen molar-refractivity contribution in [2.75, 3.05) is 5.32 Å². The monoisotopic (exact) mass is 428 g/mol. The second-order valence-electron chi connectivity index (χ2n) is 6.16. The first-order valence-corrected chi connectivity index (χ1v) is 10.3. The average molecular weight is 429 g/mol. The van der Waals surface area contributed by atoms with Crippen molar-refractivity contribution >= 4 is 35.0 Å². The number of ether oxygens (including phenoxy) is 1. The van der Waals surface area contributed by atoms with Gasteiger partial charge in [0.05, 0.1) is 5.25 Å². The molecule has 0 aliphatic heterocycles. The number of hydrogen-bond acceptors (Lipinski definition) is 5. The normalized spacial score (nSPS) is 11.7. The van der Waals surface area contributed by atoms with Gasteiger partial charge in [-0.2, -0.15) is 0 Å². The zero-order valence-corrected chi connectivity index (χ0v) is 17.5. The van der Waals surface area contributed by atoms with Crippen molar-refractivity contribution in [3.8, 4) is 5.75 Å². The summed E-state index contributed by atoms with van der Waals surface area (Å²) in [5.41, 5.74) is 0.759. The lowest BCUT2D eigenvalue weighted by Gasteiger charge is -2.13. The molecular weight excluding hydrogens is 408 g/mol. The summed E-state index contributed by atoms with van der Waals surface area (Å²) in [4.78, 5) is 12.5. The van der Waals surface area contributed by atoms with Gasteiger partial charge in [-0.25, -0.2) is 0 Å². The fourth-order valence-corrected chi connectivity index (χ4v) is 3.48. The summed E-state index contributed by atoms with van der Waals surface area (Å²) in [5, 5.41) is 12.3. The number of benzene rings is 2. The molecule has 0 saturated carbocycles. The van der Waals surface area contributed by atoms with Crippen LogP contribution < -0.4 is 10.1 Å². The van der Waals surface area contributed by atoms with Crippen LogP contribution in [0.1, 0.15) is 12.7 Å². The fourth-order valence-electron chi connectivity index (χ4n) is 2.48. The minimum absolute atomic E-state index is 0.103. The smallest absolute Gasteiger partial charge is 0.237 e. The van der Waals surface area contributed by atoms with Gasteiger partial charge in [0.1, 0.15) is 12.4 Å². The van der Waals surface area contributed by atoms with E-state index in [1.54, 1.807) is 30.3 Å². The summed E-state index contributed by atoms with van der Waals surface area (Å²) in [6, 6.07) is 16.5. The number of para-hydroxylation sites is 1. The predicted molar refractivity (Wildman–Crippen MR) is 116 cm³/mol. The number of hydrogen-bond donors (Lipinski definition) is 1. The van der Waals surface area contributed by atoms with E-state index in [1.165, 1.54) is 11.8 Å². The molecule has 0 radical (unpaired) electrons. The maximum absolute atomic E-state index is 12.5. The third kappa shape index (κ3) is 5.85. The lowest BCUT2D eigenvalue weighted by Crippen LogP contribution is -2.23. The molecule has 1 atom stereocenters. The van der Waals surface area contributed by atoms with Crippen molar-refractivity contribution in [1.82, 2.24) is 14.8 Å². The summed E-state index contributed by atoms with van der Waals surface area (Å²) in [7, 11) is 0. The van der Waals surface area contributed by atoms with Crippen molar-refractivity contribution in [3.05, 3.63) is 78.1 Å². The molecule has 0 spiro atoms. The Hall–Kier alpha value is -2.77. The molecule has 3 rings (SSSR count). The quantitative estimate of drug-likeness (QED) is 0.391. The highest BCUT2D eigenvalue weighted by molar-refractivity contribution is 8.00. The van der Waals surface area contributed by atoms with Gasteiger partial charge in [-0.05, 0) is 43.3 Å². The van der Waals surface area contributed by atoms with Gasteiger partial charge < -0.3 is 10.1 Å². The molecule has 29 heavy (non-hydrogen) atoms. The van der Waals surface area contributed by atoms with E-state index in [9.17, 15) is 4.79 Å².